The number of halogens is 1. The van der Waals surface area contributed by atoms with Crippen molar-refractivity contribution in [3.63, 3.8) is 0 Å². The van der Waals surface area contributed by atoms with Crippen molar-refractivity contribution in [1.82, 2.24) is 15.0 Å². The maximum Gasteiger partial charge on any atom is 0.340 e. The number of aromatic amines is 1. The second-order valence-electron chi connectivity index (χ2n) is 5.34. The Morgan fingerprint density at radius 3 is 2.81 bits per heavy atom. The van der Waals surface area contributed by atoms with Crippen molar-refractivity contribution in [3.8, 4) is 28.4 Å². The van der Waals surface area contributed by atoms with Gasteiger partial charge in [-0.25, -0.2) is 14.8 Å². The Bertz CT molecular complexity index is 955. The van der Waals surface area contributed by atoms with E-state index in [0.29, 0.717) is 39.0 Å². The fourth-order valence-electron chi connectivity index (χ4n) is 2.52. The summed E-state index contributed by atoms with van der Waals surface area (Å²) < 4.78 is 10.4. The number of aromatic nitrogens is 3. The number of esters is 1. The second kappa shape index (κ2) is 7.45. The minimum Gasteiger partial charge on any atom is -0.497 e. The zero-order chi connectivity index (χ0) is 18.7. The highest BCUT2D eigenvalue weighted by Crippen LogP contribution is 2.35. The first-order chi connectivity index (χ1) is 12.5. The van der Waals surface area contributed by atoms with Crippen LogP contribution in [-0.4, -0.2) is 34.6 Å². The predicted molar refractivity (Wildman–Crippen MR) is 99.2 cm³/mol. The van der Waals surface area contributed by atoms with E-state index in [1.165, 1.54) is 0 Å². The molecule has 0 saturated heterocycles. The van der Waals surface area contributed by atoms with Crippen LogP contribution in [0.25, 0.3) is 22.6 Å². The third-order valence-corrected chi connectivity index (χ3v) is 4.04. The lowest BCUT2D eigenvalue weighted by Gasteiger charge is -2.08. The van der Waals surface area contributed by atoms with E-state index < -0.39 is 5.97 Å². The van der Waals surface area contributed by atoms with Crippen LogP contribution in [-0.2, 0) is 4.74 Å². The van der Waals surface area contributed by atoms with Gasteiger partial charge in [-0.2, -0.15) is 0 Å². The summed E-state index contributed by atoms with van der Waals surface area (Å²) in [4.78, 5) is 23.7. The van der Waals surface area contributed by atoms with Crippen molar-refractivity contribution in [2.24, 2.45) is 0 Å². The first-order valence-electron chi connectivity index (χ1n) is 7.86. The van der Waals surface area contributed by atoms with E-state index in [1.54, 1.807) is 50.6 Å². The van der Waals surface area contributed by atoms with Crippen molar-refractivity contribution in [2.45, 2.75) is 6.92 Å². The van der Waals surface area contributed by atoms with Crippen molar-refractivity contribution in [1.29, 1.82) is 0 Å². The lowest BCUT2D eigenvalue weighted by Crippen LogP contribution is -2.05. The molecule has 0 saturated carbocycles. The van der Waals surface area contributed by atoms with Gasteiger partial charge in [-0.1, -0.05) is 11.6 Å². The van der Waals surface area contributed by atoms with Gasteiger partial charge < -0.3 is 20.2 Å². The zero-order valence-corrected chi connectivity index (χ0v) is 15.0. The average molecular weight is 373 g/mol. The topological polar surface area (TPSA) is 103 Å². The highest BCUT2D eigenvalue weighted by molar-refractivity contribution is 6.33. The fourth-order valence-corrected chi connectivity index (χ4v) is 2.73. The number of carbonyl (C=O) groups excluding carboxylic acids is 1. The average Bonchev–Trinajstić information content (AvgIpc) is 3.08. The number of hydrogen-bond acceptors (Lipinski definition) is 6. The number of carbonyl (C=O) groups is 1. The van der Waals surface area contributed by atoms with Crippen LogP contribution in [0, 0.1) is 0 Å². The third kappa shape index (κ3) is 3.48. The molecule has 3 aromatic rings. The van der Waals surface area contributed by atoms with Gasteiger partial charge in [0.05, 0.1) is 41.4 Å². The molecular formula is C18H17ClN4O3. The Labute approximate surface area is 155 Å². The molecule has 0 aliphatic rings. The molecule has 0 radical (unpaired) electrons. The molecule has 0 atom stereocenters. The van der Waals surface area contributed by atoms with E-state index in [1.807, 2.05) is 0 Å². The SMILES string of the molecule is CCOC(=O)c1cc(-c2ccnc(N)n2)[nH]c1-c1cc(OC)ccc1Cl. The van der Waals surface area contributed by atoms with E-state index in [4.69, 9.17) is 26.8 Å². The van der Waals surface area contributed by atoms with E-state index >= 15 is 0 Å². The number of ether oxygens (including phenoxy) is 2. The summed E-state index contributed by atoms with van der Waals surface area (Å²) in [6.45, 7) is 2.00. The number of methoxy groups -OCH3 is 1. The molecule has 2 aromatic heterocycles. The smallest absolute Gasteiger partial charge is 0.340 e. The summed E-state index contributed by atoms with van der Waals surface area (Å²) in [5, 5.41) is 0.465. The van der Waals surface area contributed by atoms with Crippen LogP contribution in [0.5, 0.6) is 5.75 Å². The van der Waals surface area contributed by atoms with Gasteiger partial charge in [-0.05, 0) is 37.3 Å². The van der Waals surface area contributed by atoms with E-state index in [0.717, 1.165) is 0 Å². The van der Waals surface area contributed by atoms with Crippen LogP contribution in [0.1, 0.15) is 17.3 Å². The Morgan fingerprint density at radius 2 is 2.12 bits per heavy atom. The summed E-state index contributed by atoms with van der Waals surface area (Å²) in [5.41, 5.74) is 8.27. The molecule has 8 heteroatoms. The first-order valence-corrected chi connectivity index (χ1v) is 8.24. The largest absolute Gasteiger partial charge is 0.497 e. The summed E-state index contributed by atoms with van der Waals surface area (Å²) in [5.74, 6) is 0.281. The summed E-state index contributed by atoms with van der Waals surface area (Å²) in [6, 6.07) is 8.53. The van der Waals surface area contributed by atoms with Crippen LogP contribution in [0.3, 0.4) is 0 Å². The molecule has 0 spiro atoms. The van der Waals surface area contributed by atoms with Crippen molar-refractivity contribution in [3.05, 3.63) is 47.1 Å². The Hall–Kier alpha value is -3.06. The number of hydrogen-bond donors (Lipinski definition) is 2. The molecule has 0 aliphatic heterocycles. The number of nitrogens with two attached hydrogens (primary N) is 1. The van der Waals surface area contributed by atoms with Crippen molar-refractivity contribution >= 4 is 23.5 Å². The zero-order valence-electron chi connectivity index (χ0n) is 14.2. The Kier molecular flexibility index (Phi) is 5.09. The maximum absolute atomic E-state index is 12.4. The van der Waals surface area contributed by atoms with Gasteiger partial charge in [0.2, 0.25) is 5.95 Å². The van der Waals surface area contributed by atoms with Crippen LogP contribution < -0.4 is 10.5 Å². The number of rotatable bonds is 5. The first kappa shape index (κ1) is 17.8. The maximum atomic E-state index is 12.4. The molecule has 2 heterocycles. The predicted octanol–water partition coefficient (Wildman–Crippen LogP) is 3.56. The lowest BCUT2D eigenvalue weighted by atomic mass is 10.1. The third-order valence-electron chi connectivity index (χ3n) is 3.71. The van der Waals surface area contributed by atoms with Gasteiger partial charge in [-0.15, -0.1) is 0 Å². The molecule has 134 valence electrons. The second-order valence-corrected chi connectivity index (χ2v) is 5.75. The molecule has 26 heavy (non-hydrogen) atoms. The number of benzene rings is 1. The Morgan fingerprint density at radius 1 is 1.31 bits per heavy atom. The summed E-state index contributed by atoms with van der Waals surface area (Å²) in [7, 11) is 1.56. The number of H-pyrrole nitrogens is 1. The van der Waals surface area contributed by atoms with Gasteiger partial charge in [0.1, 0.15) is 5.75 Å². The summed E-state index contributed by atoms with van der Waals surface area (Å²) in [6.07, 6.45) is 1.54. The molecule has 0 unspecified atom stereocenters. The van der Waals surface area contributed by atoms with E-state index in [2.05, 4.69) is 15.0 Å². The number of nitrogens with zero attached hydrogens (tertiary/aromatic N) is 2. The highest BCUT2D eigenvalue weighted by atomic mass is 35.5. The molecule has 0 aliphatic carbocycles. The van der Waals surface area contributed by atoms with Gasteiger partial charge in [-0.3, -0.25) is 0 Å². The van der Waals surface area contributed by atoms with Crippen molar-refractivity contribution < 1.29 is 14.3 Å². The fraction of sp³-hybridized carbons (Fsp3) is 0.167. The lowest BCUT2D eigenvalue weighted by molar-refractivity contribution is 0.0527. The quantitative estimate of drug-likeness (QED) is 0.664. The molecule has 7 nitrogen and oxygen atoms in total. The number of nitrogen functional groups attached to an aromatic ring is 1. The monoisotopic (exact) mass is 372 g/mol. The number of nitrogens with one attached hydrogen (secondary N) is 1. The normalized spacial score (nSPS) is 10.6. The van der Waals surface area contributed by atoms with Crippen LogP contribution in [0.2, 0.25) is 5.02 Å². The minimum absolute atomic E-state index is 0.135. The van der Waals surface area contributed by atoms with Gasteiger partial charge in [0.25, 0.3) is 0 Å². The van der Waals surface area contributed by atoms with E-state index in [9.17, 15) is 4.79 Å². The standard InChI is InChI=1S/C18H17ClN4O3/c1-3-26-17(24)12-9-15(14-6-7-21-18(20)23-14)22-16(12)11-8-10(25-2)4-5-13(11)19/h4-9,22H,3H2,1-2H3,(H2,20,21,23). The molecule has 0 bridgehead atoms. The molecular weight excluding hydrogens is 356 g/mol. The van der Waals surface area contributed by atoms with Crippen molar-refractivity contribution in [2.75, 3.05) is 19.5 Å². The molecule has 0 fully saturated rings. The molecule has 3 N–H and O–H groups in total. The highest BCUT2D eigenvalue weighted by Gasteiger charge is 2.21. The Balaban J connectivity index is 2.18. The molecule has 1 aromatic carbocycles. The van der Waals surface area contributed by atoms with Crippen LogP contribution in [0.15, 0.2) is 36.5 Å². The van der Waals surface area contributed by atoms with Gasteiger partial charge in [0.15, 0.2) is 0 Å². The van der Waals surface area contributed by atoms with Gasteiger partial charge in [0, 0.05) is 11.8 Å². The minimum atomic E-state index is -0.467. The molecule has 0 amide bonds. The summed E-state index contributed by atoms with van der Waals surface area (Å²) >= 11 is 6.35. The van der Waals surface area contributed by atoms with Crippen LogP contribution >= 0.6 is 11.6 Å². The van der Waals surface area contributed by atoms with E-state index in [-0.39, 0.29) is 12.6 Å². The number of anilines is 1. The van der Waals surface area contributed by atoms with Crippen LogP contribution in [0.4, 0.5) is 5.95 Å². The molecule has 3 rings (SSSR count). The van der Waals surface area contributed by atoms with Gasteiger partial charge >= 0.3 is 5.97 Å².